The maximum Gasteiger partial charge on any atom is -0.00368 e. The van der Waals surface area contributed by atoms with Gasteiger partial charge in [0.25, 0.3) is 0 Å². The Morgan fingerprint density at radius 3 is 1.45 bits per heavy atom. The van der Waals surface area contributed by atoms with Gasteiger partial charge in [-0.25, -0.2) is 0 Å². The molecule has 0 aliphatic heterocycles. The molecule has 0 saturated heterocycles. The maximum absolute atomic E-state index is 5.42. The molecule has 5 N–H and O–H groups in total. The molecule has 144 valence electrons. The molecule has 0 amide bonds. The van der Waals surface area contributed by atoms with Gasteiger partial charge in [0.15, 0.2) is 0 Å². The van der Waals surface area contributed by atoms with E-state index in [0.29, 0.717) is 0 Å². The molecule has 4 nitrogen and oxygen atoms in total. The van der Waals surface area contributed by atoms with E-state index in [4.69, 9.17) is 5.73 Å². The summed E-state index contributed by atoms with van der Waals surface area (Å²) in [6.07, 6.45) is 6.21. The van der Waals surface area contributed by atoms with Gasteiger partial charge in [-0.1, -0.05) is 20.8 Å². The van der Waals surface area contributed by atoms with Gasteiger partial charge in [0.2, 0.25) is 0 Å². The SMILES string of the molecule is Br.Br.Br.Br.C.CCNCCCNCCCCCNCCCN. The quantitative estimate of drug-likeness (QED) is 0.236. The number of nitrogens with one attached hydrogen (secondary N) is 3. The van der Waals surface area contributed by atoms with Crippen LogP contribution in [0.5, 0.6) is 0 Å². The number of nitrogens with two attached hydrogens (primary N) is 1. The molecule has 0 fully saturated rings. The Kier molecular flexibility index (Phi) is 68.0. The molecule has 8 heteroatoms. The highest BCUT2D eigenvalue weighted by molar-refractivity contribution is 8.93. The van der Waals surface area contributed by atoms with Crippen LogP contribution in [0.4, 0.5) is 0 Å². The summed E-state index contributed by atoms with van der Waals surface area (Å²) in [6, 6.07) is 0. The van der Waals surface area contributed by atoms with E-state index in [1.54, 1.807) is 0 Å². The molecular formula is C14H40Br4N4. The van der Waals surface area contributed by atoms with E-state index in [0.717, 1.165) is 52.2 Å². The number of halogens is 4. The van der Waals surface area contributed by atoms with Gasteiger partial charge in [-0.05, 0) is 71.5 Å². The van der Waals surface area contributed by atoms with Gasteiger partial charge in [0.05, 0.1) is 0 Å². The predicted octanol–water partition coefficient (Wildman–Crippen LogP) is 3.63. The highest BCUT2D eigenvalue weighted by Gasteiger charge is 1.91. The van der Waals surface area contributed by atoms with Gasteiger partial charge in [0, 0.05) is 0 Å². The Labute approximate surface area is 181 Å². The molecule has 0 aromatic carbocycles. The van der Waals surface area contributed by atoms with Crippen molar-refractivity contribution in [2.75, 3.05) is 45.8 Å². The number of hydrogen-bond acceptors (Lipinski definition) is 4. The second-order valence-corrected chi connectivity index (χ2v) is 4.41. The molecule has 22 heavy (non-hydrogen) atoms. The first-order valence-corrected chi connectivity index (χ1v) is 7.24. The maximum atomic E-state index is 5.42. The molecule has 0 unspecified atom stereocenters. The summed E-state index contributed by atoms with van der Waals surface area (Å²) in [5, 5.41) is 10.2. The van der Waals surface area contributed by atoms with E-state index < -0.39 is 0 Å². The van der Waals surface area contributed by atoms with Gasteiger partial charge in [0.1, 0.15) is 0 Å². The normalized spacial score (nSPS) is 8.45. The van der Waals surface area contributed by atoms with Gasteiger partial charge in [-0.15, -0.1) is 67.9 Å². The molecule has 0 aliphatic carbocycles. The first kappa shape index (κ1) is 39.0. The molecule has 0 atom stereocenters. The molecule has 0 rings (SSSR count). The van der Waals surface area contributed by atoms with E-state index in [1.165, 1.54) is 25.7 Å². The van der Waals surface area contributed by atoms with Crippen LogP contribution >= 0.6 is 67.9 Å². The van der Waals surface area contributed by atoms with Crippen molar-refractivity contribution in [1.82, 2.24) is 16.0 Å². The zero-order chi connectivity index (χ0) is 12.6. The molecule has 0 aromatic rings. The van der Waals surface area contributed by atoms with Gasteiger partial charge in [-0.2, -0.15) is 0 Å². The summed E-state index contributed by atoms with van der Waals surface area (Å²) >= 11 is 0. The summed E-state index contributed by atoms with van der Waals surface area (Å²) in [4.78, 5) is 0. The number of unbranched alkanes of at least 4 members (excludes halogenated alkanes) is 2. The highest BCUT2D eigenvalue weighted by Crippen LogP contribution is 1.92. The Morgan fingerprint density at radius 1 is 0.591 bits per heavy atom. The van der Waals surface area contributed by atoms with Gasteiger partial charge in [-0.3, -0.25) is 0 Å². The first-order chi connectivity index (χ1) is 8.41. The van der Waals surface area contributed by atoms with E-state index in [-0.39, 0.29) is 75.4 Å². The minimum atomic E-state index is 0. The van der Waals surface area contributed by atoms with Crippen molar-refractivity contribution in [2.24, 2.45) is 5.73 Å². The lowest BCUT2D eigenvalue weighted by atomic mass is 10.2. The van der Waals surface area contributed by atoms with Crippen LogP contribution in [0, 0.1) is 0 Å². The van der Waals surface area contributed by atoms with Crippen LogP contribution < -0.4 is 21.7 Å². The van der Waals surface area contributed by atoms with E-state index in [1.807, 2.05) is 0 Å². The van der Waals surface area contributed by atoms with E-state index in [2.05, 4.69) is 22.9 Å². The molecule has 0 saturated carbocycles. The third kappa shape index (κ3) is 37.8. The van der Waals surface area contributed by atoms with Crippen LogP contribution in [0.3, 0.4) is 0 Å². The van der Waals surface area contributed by atoms with Crippen LogP contribution in [0.25, 0.3) is 0 Å². The van der Waals surface area contributed by atoms with Crippen molar-refractivity contribution in [3.05, 3.63) is 0 Å². The van der Waals surface area contributed by atoms with Gasteiger partial charge < -0.3 is 21.7 Å². The fraction of sp³-hybridized carbons (Fsp3) is 1.00. The van der Waals surface area contributed by atoms with Crippen molar-refractivity contribution in [3.8, 4) is 0 Å². The monoisotopic (exact) mass is 580 g/mol. The lowest BCUT2D eigenvalue weighted by Crippen LogP contribution is -2.23. The first-order valence-electron chi connectivity index (χ1n) is 7.24. The van der Waals surface area contributed by atoms with Crippen molar-refractivity contribution < 1.29 is 0 Å². The zero-order valence-corrected chi connectivity index (χ0v) is 20.0. The minimum Gasteiger partial charge on any atom is -0.330 e. The standard InChI is InChI=1S/C13H32N4.CH4.4BrH/c1-2-15-12-7-13-17-10-5-3-4-9-16-11-6-8-14;;;;;/h15-17H,2-14H2,1H3;1H4;4*1H. The third-order valence-corrected chi connectivity index (χ3v) is 2.72. The summed E-state index contributed by atoms with van der Waals surface area (Å²) in [5.41, 5.74) is 5.42. The smallest absolute Gasteiger partial charge is 0.00368 e. The van der Waals surface area contributed by atoms with Crippen LogP contribution in [-0.4, -0.2) is 45.8 Å². The largest absolute Gasteiger partial charge is 0.330 e. The molecule has 0 spiro atoms. The van der Waals surface area contributed by atoms with Crippen LogP contribution in [0.2, 0.25) is 0 Å². The highest BCUT2D eigenvalue weighted by atomic mass is 79.9. The Hall–Kier alpha value is 1.76. The molecule has 0 aliphatic rings. The molecule has 0 heterocycles. The lowest BCUT2D eigenvalue weighted by molar-refractivity contribution is 0.553. The van der Waals surface area contributed by atoms with E-state index in [9.17, 15) is 0 Å². The second-order valence-electron chi connectivity index (χ2n) is 4.41. The summed E-state index contributed by atoms with van der Waals surface area (Å²) in [5.74, 6) is 0. The fourth-order valence-corrected chi connectivity index (χ4v) is 1.67. The van der Waals surface area contributed by atoms with Crippen molar-refractivity contribution >= 4 is 67.9 Å². The van der Waals surface area contributed by atoms with Crippen LogP contribution in [-0.2, 0) is 0 Å². The topological polar surface area (TPSA) is 62.1 Å². The van der Waals surface area contributed by atoms with Crippen molar-refractivity contribution in [3.63, 3.8) is 0 Å². The molecule has 0 radical (unpaired) electrons. The number of hydrogen-bond donors (Lipinski definition) is 4. The zero-order valence-electron chi connectivity index (χ0n) is 13.2. The Bertz CT molecular complexity index is 132. The van der Waals surface area contributed by atoms with Gasteiger partial charge >= 0.3 is 0 Å². The Morgan fingerprint density at radius 2 is 1.00 bits per heavy atom. The second kappa shape index (κ2) is 38.4. The fourth-order valence-electron chi connectivity index (χ4n) is 1.67. The molecule has 0 aromatic heterocycles. The number of rotatable bonds is 14. The predicted molar refractivity (Wildman–Crippen MR) is 124 cm³/mol. The van der Waals surface area contributed by atoms with Crippen LogP contribution in [0.1, 0.15) is 46.5 Å². The van der Waals surface area contributed by atoms with Crippen molar-refractivity contribution in [1.29, 1.82) is 0 Å². The summed E-state index contributed by atoms with van der Waals surface area (Å²) in [7, 11) is 0. The lowest BCUT2D eigenvalue weighted by Gasteiger charge is -2.06. The minimum absolute atomic E-state index is 0. The van der Waals surface area contributed by atoms with Crippen molar-refractivity contribution in [2.45, 2.75) is 46.5 Å². The Balaban J connectivity index is -0.000000128. The molecule has 0 bridgehead atoms. The summed E-state index contributed by atoms with van der Waals surface area (Å²) < 4.78 is 0. The molecular weight excluding hydrogens is 544 g/mol. The van der Waals surface area contributed by atoms with Crippen LogP contribution in [0.15, 0.2) is 0 Å². The average molecular weight is 584 g/mol. The summed E-state index contributed by atoms with van der Waals surface area (Å²) in [6.45, 7) is 9.67. The third-order valence-electron chi connectivity index (χ3n) is 2.72. The van der Waals surface area contributed by atoms with E-state index >= 15 is 0 Å². The average Bonchev–Trinajstić information content (AvgIpc) is 2.35.